The van der Waals surface area contributed by atoms with Crippen molar-refractivity contribution in [3.8, 4) is 0 Å². The van der Waals surface area contributed by atoms with Crippen molar-refractivity contribution in [2.24, 2.45) is 26.9 Å². The lowest BCUT2D eigenvalue weighted by Crippen LogP contribution is -2.28. The van der Waals surface area contributed by atoms with Crippen molar-refractivity contribution >= 4 is 71.8 Å². The van der Waals surface area contributed by atoms with Crippen LogP contribution in [0.3, 0.4) is 0 Å². The molecule has 0 unspecified atom stereocenters. The second kappa shape index (κ2) is 13.2. The summed E-state index contributed by atoms with van der Waals surface area (Å²) in [4.78, 5) is 48.4. The van der Waals surface area contributed by atoms with Crippen LogP contribution in [0.1, 0.15) is 37.9 Å². The summed E-state index contributed by atoms with van der Waals surface area (Å²) in [6.45, 7) is 0.233. The van der Waals surface area contributed by atoms with Gasteiger partial charge in [-0.3, -0.25) is 24.6 Å². The molecule has 0 bridgehead atoms. The second-order valence-corrected chi connectivity index (χ2v) is 7.88. The molecule has 7 N–H and O–H groups in total. The summed E-state index contributed by atoms with van der Waals surface area (Å²) >= 11 is 0. The van der Waals surface area contributed by atoms with Gasteiger partial charge in [-0.2, -0.15) is 0 Å². The fourth-order valence-electron chi connectivity index (χ4n) is 3.45. The summed E-state index contributed by atoms with van der Waals surface area (Å²) in [5, 5.41) is 17.8. The topological polar surface area (TPSA) is 181 Å². The van der Waals surface area contributed by atoms with E-state index in [0.717, 1.165) is 0 Å². The van der Waals surface area contributed by atoms with Crippen molar-refractivity contribution in [1.29, 1.82) is 5.41 Å². The van der Waals surface area contributed by atoms with Crippen molar-refractivity contribution in [3.05, 3.63) is 53.9 Å². The van der Waals surface area contributed by atoms with E-state index in [-0.39, 0.29) is 55.2 Å². The Hall–Kier alpha value is -4.23. The van der Waals surface area contributed by atoms with Crippen LogP contribution in [0.25, 0.3) is 0 Å². The van der Waals surface area contributed by atoms with Crippen LogP contribution in [0.15, 0.2) is 36.8 Å². The number of amides is 4. The predicted molar refractivity (Wildman–Crippen MR) is 145 cm³/mol. The Kier molecular flexibility index (Phi) is 11.0. The molecule has 4 amide bonds. The van der Waals surface area contributed by atoms with Crippen LogP contribution in [0.5, 0.6) is 0 Å². The zero-order valence-corrected chi connectivity index (χ0v) is 22.0. The number of halogens is 2. The number of carbonyl (C=O) groups is 4. The molecule has 0 aliphatic rings. The number of nitrogens with one attached hydrogen (secondary N) is 5. The van der Waals surface area contributed by atoms with Crippen LogP contribution in [0.2, 0.25) is 0 Å². The molecule has 3 aromatic heterocycles. The molecule has 13 nitrogen and oxygen atoms in total. The first-order chi connectivity index (χ1) is 16.6. The first kappa shape index (κ1) is 30.8. The normalized spacial score (nSPS) is 9.92. The molecule has 3 rings (SSSR count). The number of nitrogens with zero attached hydrogens (tertiary/aromatic N) is 3. The Morgan fingerprint density at radius 3 is 1.65 bits per heavy atom. The molecule has 0 atom stereocenters. The summed E-state index contributed by atoms with van der Waals surface area (Å²) in [6, 6.07) is 4.59. The highest BCUT2D eigenvalue weighted by atomic mass is 35.5. The molecule has 15 heteroatoms. The van der Waals surface area contributed by atoms with E-state index in [1.807, 2.05) is 0 Å². The largest absolute Gasteiger partial charge is 0.388 e. The smallest absolute Gasteiger partial charge is 0.272 e. The molecule has 200 valence electrons. The summed E-state index contributed by atoms with van der Waals surface area (Å²) in [6.07, 6.45) is 5.57. The molecule has 0 radical (unpaired) electrons. The third kappa shape index (κ3) is 7.62. The third-order valence-corrected chi connectivity index (χ3v) is 5.13. The first-order valence-corrected chi connectivity index (χ1v) is 10.5. The van der Waals surface area contributed by atoms with Gasteiger partial charge in [-0.1, -0.05) is 0 Å². The van der Waals surface area contributed by atoms with E-state index in [1.165, 1.54) is 18.2 Å². The van der Waals surface area contributed by atoms with Crippen molar-refractivity contribution in [1.82, 2.24) is 19.0 Å². The lowest BCUT2D eigenvalue weighted by Gasteiger charge is -2.04. The maximum Gasteiger partial charge on any atom is 0.272 e. The quantitative estimate of drug-likeness (QED) is 0.126. The minimum atomic E-state index is -0.432. The number of nitrogens with two attached hydrogens (primary N) is 1. The SMILES string of the molecule is Cl.Cl.Cn1cc(NC(=O)c2cc(NC(=O)c3cc(NC=O)cn3C)cn2C)cc1C(=O)NCCC(=N)N. The average Bonchev–Trinajstić information content (AvgIpc) is 3.44. The zero-order valence-electron chi connectivity index (χ0n) is 20.3. The molecular formula is C22H29Cl2N9O4. The van der Waals surface area contributed by atoms with Gasteiger partial charge in [0, 0.05) is 52.7 Å². The Balaban J connectivity index is 0.00000342. The second-order valence-electron chi connectivity index (χ2n) is 7.88. The fraction of sp³-hybridized carbons (Fsp3) is 0.227. The molecule has 3 aromatic rings. The van der Waals surface area contributed by atoms with E-state index in [4.69, 9.17) is 11.1 Å². The molecule has 0 aliphatic heterocycles. The highest BCUT2D eigenvalue weighted by Gasteiger charge is 2.18. The average molecular weight is 554 g/mol. The monoisotopic (exact) mass is 553 g/mol. The standard InChI is InChI=1S/C22H27N9O4.2ClH/c1-29-9-13(26-12-32)6-17(29)21(34)28-15-8-18(31(3)11-15)22(35)27-14-7-16(30(2)10-14)20(33)25-5-4-19(23)24;;/h6-12H,4-5H2,1-3H3,(H3,23,24)(H,25,33)(H,26,32)(H,27,35)(H,28,34);2*1H. The molecule has 3 heterocycles. The van der Waals surface area contributed by atoms with Gasteiger partial charge in [-0.05, 0) is 18.2 Å². The molecule has 0 fully saturated rings. The molecule has 0 spiro atoms. The van der Waals surface area contributed by atoms with Crippen molar-refractivity contribution in [2.75, 3.05) is 22.5 Å². The third-order valence-electron chi connectivity index (χ3n) is 5.13. The number of hydrogen-bond acceptors (Lipinski definition) is 5. The van der Waals surface area contributed by atoms with E-state index in [9.17, 15) is 19.2 Å². The van der Waals surface area contributed by atoms with Crippen molar-refractivity contribution in [3.63, 3.8) is 0 Å². The number of anilines is 3. The Labute approximate surface area is 225 Å². The van der Waals surface area contributed by atoms with Gasteiger partial charge in [0.2, 0.25) is 6.41 Å². The highest BCUT2D eigenvalue weighted by Crippen LogP contribution is 2.19. The van der Waals surface area contributed by atoms with Crippen LogP contribution < -0.4 is 27.0 Å². The van der Waals surface area contributed by atoms with Gasteiger partial charge in [0.15, 0.2) is 0 Å². The van der Waals surface area contributed by atoms with Crippen molar-refractivity contribution in [2.45, 2.75) is 6.42 Å². The summed E-state index contributed by atoms with van der Waals surface area (Å²) in [5.41, 5.74) is 7.53. The number of rotatable bonds is 10. The molecule has 0 aromatic carbocycles. The number of amidine groups is 1. The van der Waals surface area contributed by atoms with E-state index in [2.05, 4.69) is 21.3 Å². The Morgan fingerprint density at radius 1 is 0.811 bits per heavy atom. The van der Waals surface area contributed by atoms with Crippen LogP contribution in [-0.2, 0) is 25.9 Å². The molecule has 0 saturated heterocycles. The molecule has 37 heavy (non-hydrogen) atoms. The zero-order chi connectivity index (χ0) is 25.7. The lowest BCUT2D eigenvalue weighted by molar-refractivity contribution is -0.105. The number of hydrogen-bond donors (Lipinski definition) is 6. The number of aromatic nitrogens is 3. The minimum absolute atomic E-state index is 0. The van der Waals surface area contributed by atoms with E-state index < -0.39 is 11.8 Å². The van der Waals surface area contributed by atoms with Crippen LogP contribution in [-0.4, -0.2) is 50.2 Å². The maximum atomic E-state index is 12.8. The maximum absolute atomic E-state index is 12.8. The highest BCUT2D eigenvalue weighted by molar-refractivity contribution is 6.07. The minimum Gasteiger partial charge on any atom is -0.388 e. The Bertz CT molecular complexity index is 1310. The molecule has 0 saturated carbocycles. The summed E-state index contributed by atoms with van der Waals surface area (Å²) < 4.78 is 4.71. The molecular weight excluding hydrogens is 525 g/mol. The Morgan fingerprint density at radius 2 is 1.22 bits per heavy atom. The number of aryl methyl sites for hydroxylation is 3. The van der Waals surface area contributed by atoms with E-state index in [1.54, 1.807) is 53.4 Å². The van der Waals surface area contributed by atoms with Crippen LogP contribution >= 0.6 is 24.8 Å². The van der Waals surface area contributed by atoms with Gasteiger partial charge >= 0.3 is 0 Å². The number of carbonyl (C=O) groups excluding carboxylic acids is 4. The lowest BCUT2D eigenvalue weighted by atomic mass is 10.3. The van der Waals surface area contributed by atoms with Gasteiger partial charge in [0.25, 0.3) is 17.7 Å². The predicted octanol–water partition coefficient (Wildman–Crippen LogP) is 1.67. The van der Waals surface area contributed by atoms with Crippen molar-refractivity contribution < 1.29 is 19.2 Å². The van der Waals surface area contributed by atoms with Gasteiger partial charge in [0.05, 0.1) is 22.9 Å². The van der Waals surface area contributed by atoms with Crippen LogP contribution in [0, 0.1) is 5.41 Å². The van der Waals surface area contributed by atoms with E-state index in [0.29, 0.717) is 34.9 Å². The van der Waals surface area contributed by atoms with Gasteiger partial charge in [0.1, 0.15) is 17.1 Å². The van der Waals surface area contributed by atoms with E-state index >= 15 is 0 Å². The summed E-state index contributed by atoms with van der Waals surface area (Å²) in [7, 11) is 5.01. The fourth-order valence-corrected chi connectivity index (χ4v) is 3.45. The summed E-state index contributed by atoms with van der Waals surface area (Å²) in [5.74, 6) is -1.22. The van der Waals surface area contributed by atoms with Gasteiger partial charge in [-0.25, -0.2) is 0 Å². The molecule has 0 aliphatic carbocycles. The first-order valence-electron chi connectivity index (χ1n) is 10.5. The van der Waals surface area contributed by atoms with Gasteiger partial charge < -0.3 is 40.7 Å². The van der Waals surface area contributed by atoms with Crippen LogP contribution in [0.4, 0.5) is 17.1 Å². The van der Waals surface area contributed by atoms with Gasteiger partial charge in [-0.15, -0.1) is 24.8 Å².